The molecule has 0 aliphatic heterocycles. The molecule has 0 unspecified atom stereocenters. The highest BCUT2D eigenvalue weighted by Crippen LogP contribution is 2.21. The van der Waals surface area contributed by atoms with Gasteiger partial charge in [0.15, 0.2) is 0 Å². The van der Waals surface area contributed by atoms with E-state index in [2.05, 4.69) is 64.1 Å². The van der Waals surface area contributed by atoms with E-state index in [4.69, 9.17) is 0 Å². The Balaban J connectivity index is 2.08. The van der Waals surface area contributed by atoms with Crippen LogP contribution in [0.2, 0.25) is 0 Å². The number of aryl methyl sites for hydroxylation is 2. The fourth-order valence-electron chi connectivity index (χ4n) is 1.52. The monoisotopic (exact) mass is 344 g/mol. The number of anilines is 1. The first kappa shape index (κ1) is 11.9. The van der Waals surface area contributed by atoms with Crippen LogP contribution in [0.25, 0.3) is 0 Å². The van der Waals surface area contributed by atoms with Gasteiger partial charge in [-0.05, 0) is 48.6 Å². The van der Waals surface area contributed by atoms with E-state index < -0.39 is 0 Å². The number of para-hydroxylation sites is 1. The number of halogens is 1. The molecule has 0 saturated heterocycles. The summed E-state index contributed by atoms with van der Waals surface area (Å²) in [5.41, 5.74) is 2.33. The Morgan fingerprint density at radius 1 is 1.31 bits per heavy atom. The zero-order valence-corrected chi connectivity index (χ0v) is 12.2. The lowest BCUT2D eigenvalue weighted by Crippen LogP contribution is -2.00. The Kier molecular flexibility index (Phi) is 3.81. The van der Waals surface area contributed by atoms with Gasteiger partial charge in [-0.15, -0.1) is 11.3 Å². The van der Waals surface area contributed by atoms with E-state index >= 15 is 0 Å². The van der Waals surface area contributed by atoms with Crippen LogP contribution in [0.3, 0.4) is 0 Å². The minimum Gasteiger partial charge on any atom is -0.379 e. The molecule has 0 atom stereocenters. The standard InChI is InChI=1S/C12H13IN2S/c1-8-12(16-9(2)15-8)7-14-11-6-4-3-5-10(11)13/h3-6,14H,7H2,1-2H3. The van der Waals surface area contributed by atoms with E-state index in [1.54, 1.807) is 11.3 Å². The summed E-state index contributed by atoms with van der Waals surface area (Å²) in [7, 11) is 0. The van der Waals surface area contributed by atoms with Crippen LogP contribution < -0.4 is 5.32 Å². The summed E-state index contributed by atoms with van der Waals surface area (Å²) >= 11 is 4.11. The Labute approximate surface area is 113 Å². The minimum atomic E-state index is 0.858. The van der Waals surface area contributed by atoms with Gasteiger partial charge in [0.05, 0.1) is 17.2 Å². The Morgan fingerprint density at radius 2 is 2.06 bits per heavy atom. The summed E-state index contributed by atoms with van der Waals surface area (Å²) in [6, 6.07) is 8.31. The van der Waals surface area contributed by atoms with Gasteiger partial charge in [0.25, 0.3) is 0 Å². The van der Waals surface area contributed by atoms with E-state index in [-0.39, 0.29) is 0 Å². The minimum absolute atomic E-state index is 0.858. The SMILES string of the molecule is Cc1nc(C)c(CNc2ccccc2I)s1. The smallest absolute Gasteiger partial charge is 0.0900 e. The zero-order valence-electron chi connectivity index (χ0n) is 9.25. The van der Waals surface area contributed by atoms with Crippen molar-refractivity contribution in [2.45, 2.75) is 20.4 Å². The Bertz CT molecular complexity index is 494. The molecule has 0 bridgehead atoms. The molecule has 1 heterocycles. The van der Waals surface area contributed by atoms with E-state index in [1.807, 2.05) is 6.92 Å². The van der Waals surface area contributed by atoms with Crippen LogP contribution >= 0.6 is 33.9 Å². The molecule has 0 radical (unpaired) electrons. The molecule has 0 spiro atoms. The van der Waals surface area contributed by atoms with Gasteiger partial charge in [-0.3, -0.25) is 0 Å². The van der Waals surface area contributed by atoms with Crippen molar-refractivity contribution < 1.29 is 0 Å². The third-order valence-electron chi connectivity index (χ3n) is 2.31. The van der Waals surface area contributed by atoms with Crippen molar-refractivity contribution in [2.24, 2.45) is 0 Å². The molecule has 0 amide bonds. The molecule has 2 nitrogen and oxygen atoms in total. The van der Waals surface area contributed by atoms with E-state index in [9.17, 15) is 0 Å². The number of benzene rings is 1. The maximum Gasteiger partial charge on any atom is 0.0900 e. The normalized spacial score (nSPS) is 10.4. The third-order valence-corrected chi connectivity index (χ3v) is 4.33. The van der Waals surface area contributed by atoms with Crippen molar-refractivity contribution in [3.8, 4) is 0 Å². The van der Waals surface area contributed by atoms with Gasteiger partial charge < -0.3 is 5.32 Å². The molecule has 0 saturated carbocycles. The largest absolute Gasteiger partial charge is 0.379 e. The number of hydrogen-bond donors (Lipinski definition) is 1. The quantitative estimate of drug-likeness (QED) is 0.852. The molecule has 0 fully saturated rings. The number of rotatable bonds is 3. The van der Waals surface area contributed by atoms with Crippen molar-refractivity contribution in [1.82, 2.24) is 4.98 Å². The van der Waals surface area contributed by atoms with Gasteiger partial charge in [-0.1, -0.05) is 12.1 Å². The summed E-state index contributed by atoms with van der Waals surface area (Å²) in [6.45, 7) is 4.97. The van der Waals surface area contributed by atoms with Gasteiger partial charge in [-0.25, -0.2) is 4.98 Å². The van der Waals surface area contributed by atoms with E-state index in [0.29, 0.717) is 0 Å². The van der Waals surface area contributed by atoms with Crippen LogP contribution in [0.5, 0.6) is 0 Å². The maximum atomic E-state index is 4.42. The second-order valence-electron chi connectivity index (χ2n) is 3.57. The maximum absolute atomic E-state index is 4.42. The summed E-state index contributed by atoms with van der Waals surface area (Å²) < 4.78 is 1.25. The van der Waals surface area contributed by atoms with E-state index in [0.717, 1.165) is 17.2 Å². The van der Waals surface area contributed by atoms with Crippen LogP contribution in [-0.4, -0.2) is 4.98 Å². The molecular weight excluding hydrogens is 331 g/mol. The molecule has 1 aromatic carbocycles. The van der Waals surface area contributed by atoms with Crippen molar-refractivity contribution in [3.05, 3.63) is 43.4 Å². The second kappa shape index (κ2) is 5.14. The molecule has 4 heteroatoms. The van der Waals surface area contributed by atoms with Crippen LogP contribution in [0.4, 0.5) is 5.69 Å². The number of thiazole rings is 1. The first-order chi connectivity index (χ1) is 7.66. The topological polar surface area (TPSA) is 24.9 Å². The molecule has 1 aromatic heterocycles. The van der Waals surface area contributed by atoms with Gasteiger partial charge in [0.2, 0.25) is 0 Å². The van der Waals surface area contributed by atoms with Crippen LogP contribution in [-0.2, 0) is 6.54 Å². The first-order valence-electron chi connectivity index (χ1n) is 5.08. The second-order valence-corrected chi connectivity index (χ2v) is 6.02. The average Bonchev–Trinajstić information content (AvgIpc) is 2.56. The fraction of sp³-hybridized carbons (Fsp3) is 0.250. The highest BCUT2D eigenvalue weighted by Gasteiger charge is 2.05. The number of aromatic nitrogens is 1. The fourth-order valence-corrected chi connectivity index (χ4v) is 2.97. The molecule has 1 N–H and O–H groups in total. The Morgan fingerprint density at radius 3 is 2.69 bits per heavy atom. The van der Waals surface area contributed by atoms with Crippen molar-refractivity contribution in [1.29, 1.82) is 0 Å². The number of hydrogen-bond acceptors (Lipinski definition) is 3. The van der Waals surface area contributed by atoms with Gasteiger partial charge >= 0.3 is 0 Å². The predicted molar refractivity (Wildman–Crippen MR) is 78.1 cm³/mol. The average molecular weight is 344 g/mol. The van der Waals surface area contributed by atoms with Crippen LogP contribution in [0.1, 0.15) is 15.6 Å². The van der Waals surface area contributed by atoms with Crippen molar-refractivity contribution in [2.75, 3.05) is 5.32 Å². The zero-order chi connectivity index (χ0) is 11.5. The lowest BCUT2D eigenvalue weighted by Gasteiger charge is -2.07. The Hall–Kier alpha value is -0.620. The van der Waals surface area contributed by atoms with Crippen molar-refractivity contribution >= 4 is 39.6 Å². The molecule has 84 valence electrons. The summed E-state index contributed by atoms with van der Waals surface area (Å²) in [6.07, 6.45) is 0. The van der Waals surface area contributed by atoms with Gasteiger partial charge in [-0.2, -0.15) is 0 Å². The van der Waals surface area contributed by atoms with Gasteiger partial charge in [0, 0.05) is 14.1 Å². The highest BCUT2D eigenvalue weighted by atomic mass is 127. The molecule has 2 aromatic rings. The van der Waals surface area contributed by atoms with Crippen molar-refractivity contribution in [3.63, 3.8) is 0 Å². The number of nitrogens with one attached hydrogen (secondary N) is 1. The molecule has 0 aliphatic carbocycles. The van der Waals surface area contributed by atoms with Crippen LogP contribution in [0.15, 0.2) is 24.3 Å². The number of nitrogens with zero attached hydrogens (tertiary/aromatic N) is 1. The molecule has 2 rings (SSSR count). The summed E-state index contributed by atoms with van der Waals surface area (Å²) in [5.74, 6) is 0. The third kappa shape index (κ3) is 2.74. The summed E-state index contributed by atoms with van der Waals surface area (Å²) in [5, 5.41) is 4.58. The summed E-state index contributed by atoms with van der Waals surface area (Å²) in [4.78, 5) is 5.74. The highest BCUT2D eigenvalue weighted by molar-refractivity contribution is 14.1. The van der Waals surface area contributed by atoms with E-state index in [1.165, 1.54) is 14.1 Å². The predicted octanol–water partition coefficient (Wildman–Crippen LogP) is 3.98. The lowest BCUT2D eigenvalue weighted by atomic mass is 10.3. The molecule has 16 heavy (non-hydrogen) atoms. The first-order valence-corrected chi connectivity index (χ1v) is 6.97. The molecule has 0 aliphatic rings. The molecular formula is C12H13IN2S. The van der Waals surface area contributed by atoms with Crippen LogP contribution in [0, 0.1) is 17.4 Å². The van der Waals surface area contributed by atoms with Gasteiger partial charge in [0.1, 0.15) is 0 Å². The lowest BCUT2D eigenvalue weighted by molar-refractivity contribution is 1.10.